The zero-order valence-electron chi connectivity index (χ0n) is 7.67. The van der Waals surface area contributed by atoms with E-state index in [9.17, 15) is 0 Å². The van der Waals surface area contributed by atoms with Gasteiger partial charge in [-0.2, -0.15) is 5.57 Å². The Balaban J connectivity index is -0.000000270. The van der Waals surface area contributed by atoms with Crippen LogP contribution in [0.2, 0.25) is 0 Å². The van der Waals surface area contributed by atoms with Crippen LogP contribution >= 0.6 is 0 Å². The van der Waals surface area contributed by atoms with Gasteiger partial charge in [0.15, 0.2) is 0 Å². The van der Waals surface area contributed by atoms with Crippen molar-refractivity contribution in [2.75, 3.05) is 0 Å². The largest absolute Gasteiger partial charge is 3.00 e. The molecular weight excluding hydrogens is 270 g/mol. The van der Waals surface area contributed by atoms with Crippen molar-refractivity contribution >= 4 is 0 Å². The molecule has 0 heterocycles. The predicted molar refractivity (Wildman–Crippen MR) is 40.0 cm³/mol. The first kappa shape index (κ1) is 18.7. The molecule has 0 saturated heterocycles. The summed E-state index contributed by atoms with van der Waals surface area (Å²) in [7, 11) is 0. The molecule has 0 saturated carbocycles. The van der Waals surface area contributed by atoms with E-state index in [2.05, 4.69) is 26.8 Å². The summed E-state index contributed by atoms with van der Waals surface area (Å²) in [5.41, 5.74) is 4.31. The Bertz CT molecular complexity index is 183. The second-order valence-corrected chi connectivity index (χ2v) is 2.66. The molecule has 0 fully saturated rings. The summed E-state index contributed by atoms with van der Waals surface area (Å²) in [4.78, 5) is 0. The molecule has 1 aliphatic carbocycles. The van der Waals surface area contributed by atoms with E-state index in [0.717, 1.165) is 6.42 Å². The Labute approximate surface area is 107 Å². The average molecular weight is 283 g/mol. The van der Waals surface area contributed by atoms with Crippen LogP contribution in [-0.4, -0.2) is 0 Å². The molecule has 0 aliphatic heterocycles. The minimum Gasteiger partial charge on any atom is -1.00 e. The van der Waals surface area contributed by atoms with Crippen LogP contribution in [0.15, 0.2) is 16.7 Å². The molecule has 67 valence electrons. The van der Waals surface area contributed by atoms with Gasteiger partial charge in [0.2, 0.25) is 0 Å². The van der Waals surface area contributed by atoms with E-state index in [1.165, 1.54) is 23.1 Å². The van der Waals surface area contributed by atoms with Gasteiger partial charge in [0.25, 0.3) is 0 Å². The van der Waals surface area contributed by atoms with Crippen LogP contribution < -0.4 is 24.8 Å². The molecule has 0 amide bonds. The first-order valence-electron chi connectivity index (χ1n) is 3.52. The molecule has 0 atom stereocenters. The molecule has 0 aromatic heterocycles. The normalized spacial score (nSPS) is 14.1. The van der Waals surface area contributed by atoms with Gasteiger partial charge < -0.3 is 24.8 Å². The van der Waals surface area contributed by atoms with Crippen LogP contribution in [0.25, 0.3) is 0 Å². The second-order valence-electron chi connectivity index (χ2n) is 2.66. The Morgan fingerprint density at radius 1 is 1.25 bits per heavy atom. The molecule has 0 bridgehead atoms. The molecule has 0 N–H and O–H groups in total. The van der Waals surface area contributed by atoms with Crippen molar-refractivity contribution in [3.8, 4) is 0 Å². The molecule has 0 aromatic rings. The number of hydrogen-bond acceptors (Lipinski definition) is 0. The zero-order chi connectivity index (χ0) is 6.85. The quantitative estimate of drug-likeness (QED) is 0.447. The van der Waals surface area contributed by atoms with Gasteiger partial charge in [-0.3, -0.25) is 0 Å². The average Bonchev–Trinajstić information content (AvgIpc) is 2.13. The van der Waals surface area contributed by atoms with Crippen molar-refractivity contribution in [3.63, 3.8) is 0 Å². The van der Waals surface area contributed by atoms with Crippen molar-refractivity contribution in [1.29, 1.82) is 0 Å². The second kappa shape index (κ2) is 8.54. The maximum atomic E-state index is 3.35. The summed E-state index contributed by atoms with van der Waals surface area (Å²) in [6.07, 6.45) is 5.68. The Hall–Kier alpha value is 0.943. The predicted octanol–water partition coefficient (Wildman–Crippen LogP) is -3.13. The van der Waals surface area contributed by atoms with Crippen LogP contribution in [0.5, 0.6) is 0 Å². The molecular formula is C9H13Cl2Zr. The van der Waals surface area contributed by atoms with Crippen LogP contribution in [-0.2, 0) is 26.2 Å². The minimum absolute atomic E-state index is 0. The topological polar surface area (TPSA) is 0 Å². The standard InChI is InChI=1S/C9H13.2ClH.Zr/c1-4-9-5-7(2)8(3)6-9;;;/h4-5H2,1-3H3;2*1H;/q-1;;;+3/p-2. The van der Waals surface area contributed by atoms with E-state index >= 15 is 0 Å². The molecule has 1 aliphatic rings. The van der Waals surface area contributed by atoms with Crippen molar-refractivity contribution in [1.82, 2.24) is 0 Å². The molecule has 0 aromatic carbocycles. The Kier molecular flexibility index (Phi) is 13.3. The van der Waals surface area contributed by atoms with Gasteiger partial charge >= 0.3 is 26.2 Å². The third kappa shape index (κ3) is 4.85. The number of allylic oxidation sites excluding steroid dienone is 4. The first-order valence-corrected chi connectivity index (χ1v) is 3.52. The molecule has 1 rings (SSSR count). The summed E-state index contributed by atoms with van der Waals surface area (Å²) < 4.78 is 0. The van der Waals surface area contributed by atoms with Gasteiger partial charge in [-0.25, -0.2) is 17.2 Å². The molecule has 0 spiro atoms. The maximum Gasteiger partial charge on any atom is 3.00 e. The van der Waals surface area contributed by atoms with E-state index in [1.807, 2.05) is 0 Å². The smallest absolute Gasteiger partial charge is 1.00 e. The van der Waals surface area contributed by atoms with Gasteiger partial charge in [-0.1, -0.05) is 26.7 Å². The number of hydrogen-bond donors (Lipinski definition) is 0. The van der Waals surface area contributed by atoms with Crippen molar-refractivity contribution in [2.24, 2.45) is 0 Å². The zero-order valence-corrected chi connectivity index (χ0v) is 11.6. The van der Waals surface area contributed by atoms with Gasteiger partial charge in [0.05, 0.1) is 0 Å². The van der Waals surface area contributed by atoms with Crippen LogP contribution in [0.3, 0.4) is 0 Å². The summed E-state index contributed by atoms with van der Waals surface area (Å²) in [6.45, 7) is 6.51. The Morgan fingerprint density at radius 2 is 1.75 bits per heavy atom. The van der Waals surface area contributed by atoms with E-state index in [1.54, 1.807) is 0 Å². The monoisotopic (exact) mass is 281 g/mol. The fraction of sp³-hybridized carbons (Fsp3) is 0.556. The van der Waals surface area contributed by atoms with E-state index in [0.29, 0.717) is 0 Å². The molecule has 12 heavy (non-hydrogen) atoms. The van der Waals surface area contributed by atoms with Crippen molar-refractivity contribution < 1.29 is 51.0 Å². The molecule has 0 unspecified atom stereocenters. The third-order valence-electron chi connectivity index (χ3n) is 1.91. The van der Waals surface area contributed by atoms with Crippen LogP contribution in [0.4, 0.5) is 0 Å². The fourth-order valence-corrected chi connectivity index (χ4v) is 1.08. The van der Waals surface area contributed by atoms with Gasteiger partial charge in [-0.05, 0) is 0 Å². The summed E-state index contributed by atoms with van der Waals surface area (Å²) in [5, 5.41) is 0. The van der Waals surface area contributed by atoms with Crippen LogP contribution in [0, 0.1) is 6.08 Å². The summed E-state index contributed by atoms with van der Waals surface area (Å²) in [5.74, 6) is 0. The van der Waals surface area contributed by atoms with E-state index in [-0.39, 0.29) is 51.0 Å². The summed E-state index contributed by atoms with van der Waals surface area (Å²) >= 11 is 0. The minimum atomic E-state index is 0. The first-order chi connectivity index (χ1) is 4.24. The fourth-order valence-electron chi connectivity index (χ4n) is 1.08. The molecule has 3 heteroatoms. The van der Waals surface area contributed by atoms with E-state index < -0.39 is 0 Å². The van der Waals surface area contributed by atoms with E-state index in [4.69, 9.17) is 0 Å². The van der Waals surface area contributed by atoms with Gasteiger partial charge in [-0.15, -0.1) is 6.92 Å². The van der Waals surface area contributed by atoms with Crippen molar-refractivity contribution in [2.45, 2.75) is 33.6 Å². The molecule has 1 radical (unpaired) electrons. The van der Waals surface area contributed by atoms with Gasteiger partial charge in [0, 0.05) is 0 Å². The Morgan fingerprint density at radius 3 is 1.92 bits per heavy atom. The summed E-state index contributed by atoms with van der Waals surface area (Å²) in [6, 6.07) is 0. The SMILES string of the molecule is CCC1=[C-]C(C)=C(C)C1.[Cl-].[Cl-].[Zr+3]. The van der Waals surface area contributed by atoms with Crippen molar-refractivity contribution in [3.05, 3.63) is 22.8 Å². The van der Waals surface area contributed by atoms with Gasteiger partial charge in [0.1, 0.15) is 0 Å². The maximum absolute atomic E-state index is 3.35. The van der Waals surface area contributed by atoms with Crippen LogP contribution in [0.1, 0.15) is 33.6 Å². The number of halogens is 2. The molecule has 0 nitrogen and oxygen atoms in total. The number of rotatable bonds is 1. The third-order valence-corrected chi connectivity index (χ3v) is 1.91.